The number of hydrogen-bond donors (Lipinski definition) is 1. The molecule has 1 spiro atoms. The molecule has 0 bridgehead atoms. The van der Waals surface area contributed by atoms with E-state index in [1.165, 1.54) is 38.8 Å². The molecule has 0 aromatic heterocycles. The van der Waals surface area contributed by atoms with Gasteiger partial charge in [0.2, 0.25) is 0 Å². The predicted octanol–water partition coefficient (Wildman–Crippen LogP) is 4.47. The summed E-state index contributed by atoms with van der Waals surface area (Å²) in [5.41, 5.74) is 1.78. The predicted molar refractivity (Wildman–Crippen MR) is 79.7 cm³/mol. The van der Waals surface area contributed by atoms with Gasteiger partial charge in [0, 0.05) is 0 Å². The molecule has 0 heterocycles. The standard InChI is InChI=1S/C17H33N/c1-7-10-18-12-14-16(5,6)17(14)9-8-15(3,4)11-13(17)2/h13-14,18H,7-12H2,1-6H3. The van der Waals surface area contributed by atoms with Crippen molar-refractivity contribution in [1.29, 1.82) is 0 Å². The summed E-state index contributed by atoms with van der Waals surface area (Å²) in [6, 6.07) is 0. The van der Waals surface area contributed by atoms with Crippen molar-refractivity contribution in [3.63, 3.8) is 0 Å². The quantitative estimate of drug-likeness (QED) is 0.727. The number of nitrogens with one attached hydrogen (secondary N) is 1. The van der Waals surface area contributed by atoms with E-state index < -0.39 is 0 Å². The Bertz CT molecular complexity index is 305. The molecule has 2 rings (SSSR count). The molecule has 1 nitrogen and oxygen atoms in total. The maximum Gasteiger partial charge on any atom is -0.000958 e. The first-order valence-electron chi connectivity index (χ1n) is 7.98. The summed E-state index contributed by atoms with van der Waals surface area (Å²) in [5, 5.41) is 3.67. The molecule has 3 unspecified atom stereocenters. The monoisotopic (exact) mass is 251 g/mol. The molecule has 106 valence electrons. The highest BCUT2D eigenvalue weighted by atomic mass is 14.9. The minimum absolute atomic E-state index is 0.559. The lowest BCUT2D eigenvalue weighted by Crippen LogP contribution is -2.33. The van der Waals surface area contributed by atoms with Crippen LogP contribution in [0.25, 0.3) is 0 Å². The lowest BCUT2D eigenvalue weighted by atomic mass is 9.63. The van der Waals surface area contributed by atoms with Crippen molar-refractivity contribution in [3.8, 4) is 0 Å². The van der Waals surface area contributed by atoms with Crippen LogP contribution in [0, 0.1) is 28.1 Å². The highest BCUT2D eigenvalue weighted by Crippen LogP contribution is 2.77. The third kappa shape index (κ3) is 2.03. The van der Waals surface area contributed by atoms with Crippen LogP contribution in [0.2, 0.25) is 0 Å². The van der Waals surface area contributed by atoms with Gasteiger partial charge in [-0.2, -0.15) is 0 Å². The normalized spacial score (nSPS) is 41.0. The summed E-state index contributed by atoms with van der Waals surface area (Å²) in [4.78, 5) is 0. The second kappa shape index (κ2) is 4.51. The molecule has 0 saturated heterocycles. The Labute approximate surface area is 114 Å². The van der Waals surface area contributed by atoms with Gasteiger partial charge in [-0.3, -0.25) is 0 Å². The zero-order valence-corrected chi connectivity index (χ0v) is 13.4. The third-order valence-corrected chi connectivity index (χ3v) is 6.34. The molecule has 0 aromatic rings. The van der Waals surface area contributed by atoms with Crippen LogP contribution >= 0.6 is 0 Å². The minimum atomic E-state index is 0.559. The fourth-order valence-corrected chi connectivity index (χ4v) is 5.24. The molecule has 1 N–H and O–H groups in total. The molecule has 3 atom stereocenters. The van der Waals surface area contributed by atoms with E-state index in [-0.39, 0.29) is 0 Å². The Balaban J connectivity index is 2.03. The lowest BCUT2D eigenvalue weighted by molar-refractivity contribution is 0.0817. The van der Waals surface area contributed by atoms with Crippen LogP contribution in [0.4, 0.5) is 0 Å². The Morgan fingerprint density at radius 3 is 2.33 bits per heavy atom. The maximum atomic E-state index is 3.67. The summed E-state index contributed by atoms with van der Waals surface area (Å²) >= 11 is 0. The van der Waals surface area contributed by atoms with Crippen molar-refractivity contribution in [2.75, 3.05) is 13.1 Å². The van der Waals surface area contributed by atoms with Crippen LogP contribution in [0.5, 0.6) is 0 Å². The summed E-state index contributed by atoms with van der Waals surface area (Å²) in [6.07, 6.45) is 5.54. The van der Waals surface area contributed by atoms with Crippen molar-refractivity contribution in [3.05, 3.63) is 0 Å². The van der Waals surface area contributed by atoms with Gasteiger partial charge in [-0.15, -0.1) is 0 Å². The molecule has 2 saturated carbocycles. The van der Waals surface area contributed by atoms with Crippen molar-refractivity contribution in [2.45, 2.75) is 67.2 Å². The molecule has 18 heavy (non-hydrogen) atoms. The third-order valence-electron chi connectivity index (χ3n) is 6.34. The summed E-state index contributed by atoms with van der Waals surface area (Å²) in [7, 11) is 0. The van der Waals surface area contributed by atoms with Crippen molar-refractivity contribution < 1.29 is 0 Å². The van der Waals surface area contributed by atoms with Gasteiger partial charge in [-0.25, -0.2) is 0 Å². The molecule has 2 fully saturated rings. The highest BCUT2D eigenvalue weighted by molar-refractivity contribution is 5.21. The highest BCUT2D eigenvalue weighted by Gasteiger charge is 2.72. The Morgan fingerprint density at radius 1 is 1.11 bits per heavy atom. The molecule has 0 amide bonds. The summed E-state index contributed by atoms with van der Waals surface area (Å²) in [6.45, 7) is 17.1. The molecule has 2 aliphatic rings. The van der Waals surface area contributed by atoms with Crippen LogP contribution in [-0.4, -0.2) is 13.1 Å². The fraction of sp³-hybridized carbons (Fsp3) is 1.00. The van der Waals surface area contributed by atoms with Crippen LogP contribution in [0.3, 0.4) is 0 Å². The van der Waals surface area contributed by atoms with Crippen molar-refractivity contribution in [2.24, 2.45) is 28.1 Å². The van der Waals surface area contributed by atoms with Gasteiger partial charge in [-0.05, 0) is 66.9 Å². The van der Waals surface area contributed by atoms with Gasteiger partial charge in [-0.1, -0.05) is 41.5 Å². The van der Waals surface area contributed by atoms with E-state index >= 15 is 0 Å². The molecule has 2 aliphatic carbocycles. The maximum absolute atomic E-state index is 3.67. The zero-order chi connectivity index (χ0) is 13.6. The van der Waals surface area contributed by atoms with Gasteiger partial charge < -0.3 is 5.32 Å². The first kappa shape index (κ1) is 14.4. The molecular weight excluding hydrogens is 218 g/mol. The van der Waals surface area contributed by atoms with E-state index in [4.69, 9.17) is 0 Å². The summed E-state index contributed by atoms with van der Waals surface area (Å²) < 4.78 is 0. The fourth-order valence-electron chi connectivity index (χ4n) is 5.24. The largest absolute Gasteiger partial charge is 0.316 e. The van der Waals surface area contributed by atoms with Crippen molar-refractivity contribution >= 4 is 0 Å². The van der Waals surface area contributed by atoms with E-state index in [9.17, 15) is 0 Å². The average molecular weight is 251 g/mol. The lowest BCUT2D eigenvalue weighted by Gasteiger charge is -2.42. The van der Waals surface area contributed by atoms with Gasteiger partial charge >= 0.3 is 0 Å². The second-order valence-corrected chi connectivity index (χ2v) is 8.29. The topological polar surface area (TPSA) is 12.0 Å². The Hall–Kier alpha value is -0.0400. The van der Waals surface area contributed by atoms with E-state index in [0.29, 0.717) is 16.2 Å². The van der Waals surface area contributed by atoms with E-state index in [0.717, 1.165) is 11.8 Å². The van der Waals surface area contributed by atoms with Crippen LogP contribution in [-0.2, 0) is 0 Å². The first-order valence-corrected chi connectivity index (χ1v) is 7.98. The Kier molecular flexibility index (Phi) is 3.60. The van der Waals surface area contributed by atoms with Crippen molar-refractivity contribution in [1.82, 2.24) is 5.32 Å². The van der Waals surface area contributed by atoms with Gasteiger partial charge in [0.25, 0.3) is 0 Å². The number of rotatable bonds is 4. The van der Waals surface area contributed by atoms with Gasteiger partial charge in [0.15, 0.2) is 0 Å². The van der Waals surface area contributed by atoms with Crippen LogP contribution < -0.4 is 5.32 Å². The minimum Gasteiger partial charge on any atom is -0.316 e. The van der Waals surface area contributed by atoms with Gasteiger partial charge in [0.05, 0.1) is 0 Å². The molecule has 0 radical (unpaired) electrons. The second-order valence-electron chi connectivity index (χ2n) is 8.29. The van der Waals surface area contributed by atoms with Gasteiger partial charge in [0.1, 0.15) is 0 Å². The SMILES string of the molecule is CCCNCC1C(C)(C)C12CCC(C)(C)CC2C. The molecule has 0 aromatic carbocycles. The van der Waals surface area contributed by atoms with E-state index in [1.54, 1.807) is 0 Å². The molecule has 0 aliphatic heterocycles. The Morgan fingerprint density at radius 2 is 1.78 bits per heavy atom. The summed E-state index contributed by atoms with van der Waals surface area (Å²) in [5.74, 6) is 1.80. The number of hydrogen-bond acceptors (Lipinski definition) is 1. The first-order chi connectivity index (χ1) is 8.28. The zero-order valence-electron chi connectivity index (χ0n) is 13.4. The smallest absolute Gasteiger partial charge is 0.000958 e. The average Bonchev–Trinajstić information content (AvgIpc) is 2.71. The van der Waals surface area contributed by atoms with Crippen LogP contribution in [0.15, 0.2) is 0 Å². The van der Waals surface area contributed by atoms with E-state index in [1.807, 2.05) is 0 Å². The molecular formula is C17H33N. The molecule has 1 heteroatoms. The van der Waals surface area contributed by atoms with E-state index in [2.05, 4.69) is 46.9 Å². The van der Waals surface area contributed by atoms with Crippen LogP contribution in [0.1, 0.15) is 67.2 Å².